The van der Waals surface area contributed by atoms with Gasteiger partial charge in [0.2, 0.25) is 11.9 Å². The number of esters is 4. The molecule has 148 valence electrons. The van der Waals surface area contributed by atoms with Crippen LogP contribution in [0.15, 0.2) is 22.8 Å². The first-order valence-corrected chi connectivity index (χ1v) is 7.84. The highest BCUT2D eigenvalue weighted by Gasteiger charge is 2.43. The first kappa shape index (κ1) is 21.9. The zero-order valence-corrected chi connectivity index (χ0v) is 15.3. The third-order valence-corrected chi connectivity index (χ3v) is 3.05. The molecular formula is C17H20O10. The number of hydrogen-bond acceptors (Lipinski definition) is 10. The Bertz CT molecular complexity index is 691. The van der Waals surface area contributed by atoms with E-state index < -0.39 is 54.6 Å². The topological polar surface area (TPSA) is 135 Å². The Morgan fingerprint density at radius 1 is 0.889 bits per heavy atom. The van der Waals surface area contributed by atoms with Gasteiger partial charge in [-0.2, -0.15) is 0 Å². The summed E-state index contributed by atoms with van der Waals surface area (Å²) in [6, 6.07) is 2.75. The molecule has 0 bridgehead atoms. The summed E-state index contributed by atoms with van der Waals surface area (Å²) in [6.45, 7) is 3.74. The number of furan rings is 1. The van der Waals surface area contributed by atoms with Crippen LogP contribution in [0.4, 0.5) is 0 Å². The minimum absolute atomic E-state index is 0.174. The molecule has 0 aliphatic carbocycles. The van der Waals surface area contributed by atoms with Gasteiger partial charge in [0.25, 0.3) is 0 Å². The fraction of sp³-hybridized carbons (Fsp3) is 0.471. The van der Waals surface area contributed by atoms with Crippen molar-refractivity contribution in [2.24, 2.45) is 0 Å². The highest BCUT2D eigenvalue weighted by atomic mass is 16.6. The number of carbonyl (C=O) groups is 5. The van der Waals surface area contributed by atoms with Crippen LogP contribution in [0.25, 0.3) is 0 Å². The van der Waals surface area contributed by atoms with Crippen LogP contribution in [0.2, 0.25) is 0 Å². The molecule has 0 aliphatic heterocycles. The Hall–Kier alpha value is -3.17. The highest BCUT2D eigenvalue weighted by Crippen LogP contribution is 2.19. The molecule has 0 saturated heterocycles. The zero-order chi connectivity index (χ0) is 20.6. The molecule has 0 fully saturated rings. The van der Waals surface area contributed by atoms with E-state index in [-0.39, 0.29) is 5.76 Å². The van der Waals surface area contributed by atoms with Gasteiger partial charge in [-0.05, 0) is 12.1 Å². The SMILES string of the molecule is CC(=O)OC[C@@H](OC(C)=O)[C@@H](OC(C)=O)[C@H](OC(C)=O)C(=O)c1ccco1. The summed E-state index contributed by atoms with van der Waals surface area (Å²) in [5.41, 5.74) is 0. The van der Waals surface area contributed by atoms with Gasteiger partial charge in [-0.25, -0.2) is 0 Å². The van der Waals surface area contributed by atoms with Crippen LogP contribution < -0.4 is 0 Å². The molecule has 0 spiro atoms. The van der Waals surface area contributed by atoms with E-state index in [0.29, 0.717) is 0 Å². The number of ether oxygens (including phenoxy) is 4. The Balaban J connectivity index is 3.29. The van der Waals surface area contributed by atoms with Crippen molar-refractivity contribution in [3.8, 4) is 0 Å². The molecule has 10 heteroatoms. The molecule has 1 heterocycles. The molecule has 1 aromatic rings. The summed E-state index contributed by atoms with van der Waals surface area (Å²) in [7, 11) is 0. The van der Waals surface area contributed by atoms with E-state index >= 15 is 0 Å². The molecule has 0 radical (unpaired) electrons. The van der Waals surface area contributed by atoms with Crippen molar-refractivity contribution in [2.45, 2.75) is 46.0 Å². The van der Waals surface area contributed by atoms with Crippen LogP contribution in [0.5, 0.6) is 0 Å². The lowest BCUT2D eigenvalue weighted by Crippen LogP contribution is -2.50. The van der Waals surface area contributed by atoms with E-state index in [1.54, 1.807) is 0 Å². The van der Waals surface area contributed by atoms with Crippen LogP contribution in [0, 0.1) is 0 Å². The van der Waals surface area contributed by atoms with Crippen LogP contribution in [0.3, 0.4) is 0 Å². The lowest BCUT2D eigenvalue weighted by Gasteiger charge is -2.30. The maximum atomic E-state index is 12.7. The summed E-state index contributed by atoms with van der Waals surface area (Å²) in [5, 5.41) is 0. The average Bonchev–Trinajstić information content (AvgIpc) is 3.07. The summed E-state index contributed by atoms with van der Waals surface area (Å²) < 4.78 is 24.9. The Kier molecular flexibility index (Phi) is 8.18. The minimum atomic E-state index is -1.70. The zero-order valence-electron chi connectivity index (χ0n) is 15.3. The maximum Gasteiger partial charge on any atom is 0.303 e. The van der Waals surface area contributed by atoms with Gasteiger partial charge < -0.3 is 23.4 Å². The van der Waals surface area contributed by atoms with Crippen molar-refractivity contribution < 1.29 is 47.3 Å². The monoisotopic (exact) mass is 384 g/mol. The lowest BCUT2D eigenvalue weighted by atomic mass is 10.0. The molecule has 0 N–H and O–H groups in total. The lowest BCUT2D eigenvalue weighted by molar-refractivity contribution is -0.185. The first-order chi connectivity index (χ1) is 12.6. The largest absolute Gasteiger partial charge is 0.462 e. The Morgan fingerprint density at radius 3 is 1.93 bits per heavy atom. The second kappa shape index (κ2) is 10.1. The molecular weight excluding hydrogens is 364 g/mol. The molecule has 3 atom stereocenters. The van der Waals surface area contributed by atoms with Gasteiger partial charge in [0.15, 0.2) is 18.0 Å². The number of carbonyl (C=O) groups excluding carboxylic acids is 5. The van der Waals surface area contributed by atoms with Crippen molar-refractivity contribution >= 4 is 29.7 Å². The Labute approximate surface area is 154 Å². The van der Waals surface area contributed by atoms with Gasteiger partial charge in [-0.3, -0.25) is 24.0 Å². The van der Waals surface area contributed by atoms with E-state index in [1.807, 2.05) is 0 Å². The van der Waals surface area contributed by atoms with E-state index in [9.17, 15) is 24.0 Å². The number of ketones is 1. The molecule has 27 heavy (non-hydrogen) atoms. The third-order valence-electron chi connectivity index (χ3n) is 3.05. The highest BCUT2D eigenvalue weighted by molar-refractivity contribution is 5.98. The van der Waals surface area contributed by atoms with Gasteiger partial charge in [0.05, 0.1) is 6.26 Å². The van der Waals surface area contributed by atoms with E-state index in [4.69, 9.17) is 23.4 Å². The number of hydrogen-bond donors (Lipinski definition) is 0. The van der Waals surface area contributed by atoms with E-state index in [0.717, 1.165) is 27.7 Å². The van der Waals surface area contributed by atoms with Crippen molar-refractivity contribution in [2.75, 3.05) is 6.61 Å². The number of rotatable bonds is 9. The van der Waals surface area contributed by atoms with E-state index in [2.05, 4.69) is 0 Å². The van der Waals surface area contributed by atoms with Gasteiger partial charge in [0.1, 0.15) is 6.61 Å². The molecule has 1 aromatic heterocycles. The predicted molar refractivity (Wildman–Crippen MR) is 86.3 cm³/mol. The molecule has 0 unspecified atom stereocenters. The van der Waals surface area contributed by atoms with Crippen LogP contribution in [-0.4, -0.2) is 54.6 Å². The van der Waals surface area contributed by atoms with Crippen molar-refractivity contribution in [1.82, 2.24) is 0 Å². The average molecular weight is 384 g/mol. The molecule has 0 aromatic carbocycles. The quantitative estimate of drug-likeness (QED) is 0.342. The molecule has 0 amide bonds. The predicted octanol–water partition coefficient (Wildman–Crippen LogP) is 0.820. The van der Waals surface area contributed by atoms with Crippen molar-refractivity contribution in [3.63, 3.8) is 0 Å². The molecule has 1 rings (SSSR count). The van der Waals surface area contributed by atoms with E-state index in [1.165, 1.54) is 18.4 Å². The summed E-state index contributed by atoms with van der Waals surface area (Å²) >= 11 is 0. The second-order valence-corrected chi connectivity index (χ2v) is 5.40. The standard InChI is InChI=1S/C17H20O10/c1-9(18)24-8-14(25-10(2)19)16(26-11(3)20)17(27-12(4)21)15(22)13-6-5-7-23-13/h5-7,14,16-17H,8H2,1-4H3/t14-,16-,17-/m1/s1. The first-order valence-electron chi connectivity index (χ1n) is 7.84. The normalized spacial score (nSPS) is 13.6. The van der Waals surface area contributed by atoms with Crippen molar-refractivity contribution in [1.29, 1.82) is 0 Å². The number of Topliss-reactive ketones (excluding diaryl/α,β-unsaturated/α-hetero) is 1. The van der Waals surface area contributed by atoms with Crippen molar-refractivity contribution in [3.05, 3.63) is 24.2 Å². The van der Waals surface area contributed by atoms with Gasteiger partial charge in [0, 0.05) is 27.7 Å². The fourth-order valence-electron chi connectivity index (χ4n) is 2.14. The molecule has 0 aliphatic rings. The summed E-state index contributed by atoms with van der Waals surface area (Å²) in [5.74, 6) is -4.20. The van der Waals surface area contributed by atoms with Crippen LogP contribution in [-0.2, 0) is 38.1 Å². The molecule has 0 saturated carbocycles. The Morgan fingerprint density at radius 2 is 1.48 bits per heavy atom. The van der Waals surface area contributed by atoms with Crippen LogP contribution >= 0.6 is 0 Å². The van der Waals surface area contributed by atoms with Gasteiger partial charge >= 0.3 is 23.9 Å². The fourth-order valence-corrected chi connectivity index (χ4v) is 2.14. The molecule has 10 nitrogen and oxygen atoms in total. The maximum absolute atomic E-state index is 12.7. The summed E-state index contributed by atoms with van der Waals surface area (Å²) in [4.78, 5) is 58.2. The van der Waals surface area contributed by atoms with Crippen LogP contribution in [0.1, 0.15) is 38.2 Å². The smallest absolute Gasteiger partial charge is 0.303 e. The third kappa shape index (κ3) is 7.30. The van der Waals surface area contributed by atoms with Gasteiger partial charge in [-0.1, -0.05) is 0 Å². The van der Waals surface area contributed by atoms with Gasteiger partial charge in [-0.15, -0.1) is 0 Å². The minimum Gasteiger partial charge on any atom is -0.462 e. The summed E-state index contributed by atoms with van der Waals surface area (Å²) in [6.07, 6.45) is -3.45. The second-order valence-electron chi connectivity index (χ2n) is 5.40.